The molecule has 1 aromatic heterocycles. The maximum atomic E-state index is 12.9. The summed E-state index contributed by atoms with van der Waals surface area (Å²) in [6, 6.07) is 12.2. The highest BCUT2D eigenvalue weighted by atomic mass is 16.5. The Morgan fingerprint density at radius 1 is 1.00 bits per heavy atom. The Hall–Kier alpha value is -4.14. The molecule has 4 rings (SSSR count). The third-order valence-corrected chi connectivity index (χ3v) is 5.86. The third-order valence-electron chi connectivity index (χ3n) is 5.86. The van der Waals surface area contributed by atoms with Gasteiger partial charge in [-0.2, -0.15) is 0 Å². The predicted molar refractivity (Wildman–Crippen MR) is 129 cm³/mol. The highest BCUT2D eigenvalue weighted by molar-refractivity contribution is 6.05. The number of aromatic nitrogens is 1. The molecule has 1 fully saturated rings. The van der Waals surface area contributed by atoms with E-state index in [2.05, 4.69) is 5.32 Å². The van der Waals surface area contributed by atoms with E-state index in [9.17, 15) is 19.8 Å². The Morgan fingerprint density at radius 2 is 1.69 bits per heavy atom. The number of esters is 1. The number of hydrogen-bond donors (Lipinski definition) is 3. The molecular weight excluding hydrogens is 452 g/mol. The summed E-state index contributed by atoms with van der Waals surface area (Å²) < 4.78 is 17.5. The van der Waals surface area contributed by atoms with E-state index in [0.717, 1.165) is 30.3 Å². The van der Waals surface area contributed by atoms with Crippen LogP contribution in [0.3, 0.4) is 0 Å². The van der Waals surface area contributed by atoms with Gasteiger partial charge in [-0.1, -0.05) is 0 Å². The second-order valence-corrected chi connectivity index (χ2v) is 8.19. The second kappa shape index (κ2) is 10.4. The van der Waals surface area contributed by atoms with Crippen LogP contribution >= 0.6 is 0 Å². The van der Waals surface area contributed by atoms with Gasteiger partial charge in [-0.3, -0.25) is 4.79 Å². The van der Waals surface area contributed by atoms with Crippen LogP contribution in [0, 0.1) is 0 Å². The molecule has 9 heteroatoms. The fraction of sp³-hybridized carbons (Fsp3) is 0.308. The number of carbonyl (C=O) groups is 2. The summed E-state index contributed by atoms with van der Waals surface area (Å²) in [5.74, 6) is -0.597. The minimum absolute atomic E-state index is 0.0241. The number of nitrogens with one attached hydrogen (secondary N) is 1. The fourth-order valence-electron chi connectivity index (χ4n) is 4.08. The van der Waals surface area contributed by atoms with Gasteiger partial charge in [-0.05, 0) is 75.1 Å². The molecule has 184 valence electrons. The summed E-state index contributed by atoms with van der Waals surface area (Å²) in [5.41, 5.74) is 1.07. The first-order chi connectivity index (χ1) is 16.9. The topological polar surface area (TPSA) is 119 Å². The van der Waals surface area contributed by atoms with Crippen molar-refractivity contribution in [3.05, 3.63) is 59.7 Å². The van der Waals surface area contributed by atoms with Gasteiger partial charge in [0.25, 0.3) is 5.91 Å². The molecule has 1 amide bonds. The number of methoxy groups -OCH3 is 1. The average molecular weight is 481 g/mol. The van der Waals surface area contributed by atoms with E-state index in [1.54, 1.807) is 44.4 Å². The van der Waals surface area contributed by atoms with E-state index in [1.807, 2.05) is 0 Å². The molecule has 35 heavy (non-hydrogen) atoms. The zero-order valence-electron chi connectivity index (χ0n) is 19.6. The highest BCUT2D eigenvalue weighted by Gasteiger charge is 2.22. The molecular formula is C26H28N2O7. The fourth-order valence-corrected chi connectivity index (χ4v) is 4.08. The molecule has 9 nitrogen and oxygen atoms in total. The van der Waals surface area contributed by atoms with Crippen LogP contribution in [0.2, 0.25) is 0 Å². The number of anilines is 1. The lowest BCUT2D eigenvalue weighted by Crippen LogP contribution is -2.14. The molecule has 3 aromatic rings. The highest BCUT2D eigenvalue weighted by Crippen LogP contribution is 2.37. The van der Waals surface area contributed by atoms with Crippen LogP contribution in [-0.4, -0.2) is 46.5 Å². The number of benzene rings is 2. The minimum atomic E-state index is -0.492. The minimum Gasteiger partial charge on any atom is -0.494 e. The van der Waals surface area contributed by atoms with Crippen molar-refractivity contribution < 1.29 is 34.0 Å². The Labute approximate surface area is 202 Å². The SMILES string of the molecule is CCOC(=O)c1ccc(-n2c(O)cc(NC(=O)c3ccc(OC)c(OC4CCCC4)c3)c2O)cc1. The molecule has 0 spiro atoms. The lowest BCUT2D eigenvalue weighted by molar-refractivity contribution is 0.0526. The van der Waals surface area contributed by atoms with Gasteiger partial charge < -0.3 is 29.7 Å². The lowest BCUT2D eigenvalue weighted by atomic mass is 10.1. The third kappa shape index (κ3) is 5.18. The van der Waals surface area contributed by atoms with Crippen LogP contribution in [0.1, 0.15) is 53.3 Å². The molecule has 0 atom stereocenters. The maximum Gasteiger partial charge on any atom is 0.338 e. The number of carbonyl (C=O) groups excluding carboxylic acids is 2. The van der Waals surface area contributed by atoms with Crippen LogP contribution in [0.15, 0.2) is 48.5 Å². The van der Waals surface area contributed by atoms with Gasteiger partial charge in [0.15, 0.2) is 11.5 Å². The van der Waals surface area contributed by atoms with Gasteiger partial charge in [0.05, 0.1) is 31.1 Å². The number of rotatable bonds is 8. The van der Waals surface area contributed by atoms with Crippen molar-refractivity contribution >= 4 is 17.6 Å². The van der Waals surface area contributed by atoms with Gasteiger partial charge in [-0.25, -0.2) is 9.36 Å². The molecule has 1 aliphatic rings. The van der Waals surface area contributed by atoms with Crippen LogP contribution in [0.25, 0.3) is 5.69 Å². The smallest absolute Gasteiger partial charge is 0.338 e. The number of nitrogens with zero attached hydrogens (tertiary/aromatic N) is 1. The van der Waals surface area contributed by atoms with Crippen LogP contribution in [0.4, 0.5) is 5.69 Å². The van der Waals surface area contributed by atoms with E-state index in [-0.39, 0.29) is 30.2 Å². The maximum absolute atomic E-state index is 12.9. The van der Waals surface area contributed by atoms with Gasteiger partial charge in [0.2, 0.25) is 11.8 Å². The van der Waals surface area contributed by atoms with Gasteiger partial charge in [-0.15, -0.1) is 0 Å². The van der Waals surface area contributed by atoms with Crippen molar-refractivity contribution in [1.29, 1.82) is 0 Å². The van der Waals surface area contributed by atoms with Crippen LogP contribution in [-0.2, 0) is 4.74 Å². The number of aromatic hydroxyl groups is 2. The van der Waals surface area contributed by atoms with Crippen LogP contribution < -0.4 is 14.8 Å². The molecule has 3 N–H and O–H groups in total. The van der Waals surface area contributed by atoms with Gasteiger partial charge in [0.1, 0.15) is 5.69 Å². The molecule has 1 heterocycles. The summed E-state index contributed by atoms with van der Waals surface area (Å²) in [5, 5.41) is 23.7. The first kappa shape index (κ1) is 24.0. The number of amides is 1. The quantitative estimate of drug-likeness (QED) is 0.402. The zero-order valence-corrected chi connectivity index (χ0v) is 19.6. The normalized spacial score (nSPS) is 13.4. The van der Waals surface area contributed by atoms with E-state index >= 15 is 0 Å². The molecule has 2 aromatic carbocycles. The summed E-state index contributed by atoms with van der Waals surface area (Å²) in [6.07, 6.45) is 4.23. The van der Waals surface area contributed by atoms with E-state index in [4.69, 9.17) is 14.2 Å². The Bertz CT molecular complexity index is 1210. The van der Waals surface area contributed by atoms with Crippen molar-refractivity contribution in [2.75, 3.05) is 19.0 Å². The van der Waals surface area contributed by atoms with Crippen LogP contribution in [0.5, 0.6) is 23.3 Å². The molecule has 0 saturated heterocycles. The van der Waals surface area contributed by atoms with Crippen molar-refractivity contribution in [3.8, 4) is 28.9 Å². The van der Waals surface area contributed by atoms with E-state index in [1.165, 1.54) is 18.2 Å². The molecule has 0 radical (unpaired) electrons. The summed E-state index contributed by atoms with van der Waals surface area (Å²) in [6.45, 7) is 1.97. The second-order valence-electron chi connectivity index (χ2n) is 8.19. The van der Waals surface area contributed by atoms with Crippen molar-refractivity contribution in [3.63, 3.8) is 0 Å². The molecule has 0 aliphatic heterocycles. The van der Waals surface area contributed by atoms with Gasteiger partial charge >= 0.3 is 5.97 Å². The van der Waals surface area contributed by atoms with Crippen molar-refractivity contribution in [1.82, 2.24) is 4.57 Å². The van der Waals surface area contributed by atoms with E-state index < -0.39 is 11.9 Å². The monoisotopic (exact) mass is 480 g/mol. The first-order valence-electron chi connectivity index (χ1n) is 11.5. The molecule has 1 aliphatic carbocycles. The lowest BCUT2D eigenvalue weighted by Gasteiger charge is -2.16. The predicted octanol–water partition coefficient (Wildman–Crippen LogP) is 4.65. The Morgan fingerprint density at radius 3 is 2.34 bits per heavy atom. The zero-order chi connectivity index (χ0) is 24.9. The van der Waals surface area contributed by atoms with Gasteiger partial charge in [0, 0.05) is 11.6 Å². The summed E-state index contributed by atoms with van der Waals surface area (Å²) in [7, 11) is 1.54. The summed E-state index contributed by atoms with van der Waals surface area (Å²) >= 11 is 0. The Kier molecular flexibility index (Phi) is 7.14. The molecule has 0 bridgehead atoms. The molecule has 1 saturated carbocycles. The van der Waals surface area contributed by atoms with Crippen molar-refractivity contribution in [2.45, 2.75) is 38.7 Å². The molecule has 0 unspecified atom stereocenters. The van der Waals surface area contributed by atoms with E-state index in [0.29, 0.717) is 28.3 Å². The standard InChI is InChI=1S/C26H28N2O7/c1-3-34-26(32)16-8-11-18(12-9-16)28-23(29)15-20(25(28)31)27-24(30)17-10-13-21(33-2)22(14-17)35-19-6-4-5-7-19/h8-15,19,29,31H,3-7H2,1-2H3,(H,27,30). The first-order valence-corrected chi connectivity index (χ1v) is 11.5. The number of ether oxygens (including phenoxy) is 3. The number of hydrogen-bond acceptors (Lipinski definition) is 7. The Balaban J connectivity index is 1.53. The average Bonchev–Trinajstić information content (AvgIpc) is 3.46. The largest absolute Gasteiger partial charge is 0.494 e. The summed E-state index contributed by atoms with van der Waals surface area (Å²) in [4.78, 5) is 24.8. The van der Waals surface area contributed by atoms with Crippen molar-refractivity contribution in [2.24, 2.45) is 0 Å².